The predicted octanol–water partition coefficient (Wildman–Crippen LogP) is 1.88. The van der Waals surface area contributed by atoms with E-state index in [4.69, 9.17) is 11.5 Å². The number of anilines is 1. The first-order valence-corrected chi connectivity index (χ1v) is 5.80. The van der Waals surface area contributed by atoms with Gasteiger partial charge in [-0.3, -0.25) is 4.79 Å². The molecule has 17 heavy (non-hydrogen) atoms. The quantitative estimate of drug-likeness (QED) is 0.609. The Hall–Kier alpha value is -1.97. The molecule has 0 saturated carbocycles. The molecule has 0 unspecified atom stereocenters. The van der Waals surface area contributed by atoms with E-state index in [-0.39, 0.29) is 5.91 Å². The van der Waals surface area contributed by atoms with Crippen molar-refractivity contribution in [2.24, 2.45) is 5.73 Å². The summed E-state index contributed by atoms with van der Waals surface area (Å²) in [6, 6.07) is 7.94. The highest BCUT2D eigenvalue weighted by Crippen LogP contribution is 2.22. The SMILES string of the molecule is NC(=O)CCCCn1ccc2c(N)cccc21. The Balaban J connectivity index is 2.04. The number of amides is 1. The average molecular weight is 231 g/mol. The van der Waals surface area contributed by atoms with Crippen molar-refractivity contribution >= 4 is 22.5 Å². The van der Waals surface area contributed by atoms with Gasteiger partial charge < -0.3 is 16.0 Å². The molecule has 0 aliphatic carbocycles. The average Bonchev–Trinajstić information content (AvgIpc) is 2.69. The smallest absolute Gasteiger partial charge is 0.217 e. The topological polar surface area (TPSA) is 74.0 Å². The lowest BCUT2D eigenvalue weighted by Crippen LogP contribution is -2.10. The molecular weight excluding hydrogens is 214 g/mol. The van der Waals surface area contributed by atoms with Crippen molar-refractivity contribution in [1.29, 1.82) is 0 Å². The highest BCUT2D eigenvalue weighted by molar-refractivity contribution is 5.91. The summed E-state index contributed by atoms with van der Waals surface area (Å²) < 4.78 is 2.16. The zero-order chi connectivity index (χ0) is 12.3. The fourth-order valence-corrected chi connectivity index (χ4v) is 2.02. The van der Waals surface area contributed by atoms with Crippen LogP contribution in [-0.2, 0) is 11.3 Å². The van der Waals surface area contributed by atoms with Crippen LogP contribution in [0.5, 0.6) is 0 Å². The van der Waals surface area contributed by atoms with Gasteiger partial charge >= 0.3 is 0 Å². The van der Waals surface area contributed by atoms with E-state index in [9.17, 15) is 4.79 Å². The third-order valence-corrected chi connectivity index (χ3v) is 2.92. The molecule has 0 bridgehead atoms. The van der Waals surface area contributed by atoms with E-state index in [2.05, 4.69) is 10.6 Å². The molecule has 0 atom stereocenters. The maximum atomic E-state index is 10.6. The van der Waals surface area contributed by atoms with Gasteiger partial charge in [-0.2, -0.15) is 0 Å². The first-order chi connectivity index (χ1) is 8.18. The zero-order valence-electron chi connectivity index (χ0n) is 9.73. The minimum absolute atomic E-state index is 0.230. The number of carbonyl (C=O) groups excluding carboxylic acids is 1. The van der Waals surface area contributed by atoms with Crippen molar-refractivity contribution in [3.8, 4) is 0 Å². The molecule has 2 rings (SSSR count). The Kier molecular flexibility index (Phi) is 3.32. The van der Waals surface area contributed by atoms with E-state index in [1.165, 1.54) is 0 Å². The molecule has 0 aliphatic heterocycles. The Morgan fingerprint density at radius 1 is 1.24 bits per heavy atom. The van der Waals surface area contributed by atoms with E-state index in [1.54, 1.807) is 0 Å². The molecule has 1 heterocycles. The fourth-order valence-electron chi connectivity index (χ4n) is 2.02. The molecule has 0 radical (unpaired) electrons. The monoisotopic (exact) mass is 231 g/mol. The van der Waals surface area contributed by atoms with Crippen LogP contribution in [0.25, 0.3) is 10.9 Å². The van der Waals surface area contributed by atoms with E-state index in [0.29, 0.717) is 6.42 Å². The summed E-state index contributed by atoms with van der Waals surface area (Å²) in [6.07, 6.45) is 4.27. The van der Waals surface area contributed by atoms with Crippen LogP contribution in [0.4, 0.5) is 5.69 Å². The summed E-state index contributed by atoms with van der Waals surface area (Å²) in [5.41, 5.74) is 12.9. The van der Waals surface area contributed by atoms with Crippen molar-refractivity contribution in [2.75, 3.05) is 5.73 Å². The zero-order valence-corrected chi connectivity index (χ0v) is 9.73. The first kappa shape index (κ1) is 11.5. The van der Waals surface area contributed by atoms with Crippen LogP contribution < -0.4 is 11.5 Å². The number of hydrogen-bond donors (Lipinski definition) is 2. The molecular formula is C13H17N3O. The number of hydrogen-bond acceptors (Lipinski definition) is 2. The minimum Gasteiger partial charge on any atom is -0.398 e. The fraction of sp³-hybridized carbons (Fsp3) is 0.308. The number of nitrogens with zero attached hydrogens (tertiary/aromatic N) is 1. The second kappa shape index (κ2) is 4.91. The lowest BCUT2D eigenvalue weighted by Gasteiger charge is -2.05. The number of fused-ring (bicyclic) bond motifs is 1. The standard InChI is InChI=1S/C13H17N3O/c14-11-4-3-5-12-10(11)7-9-16(12)8-2-1-6-13(15)17/h3-5,7,9H,1-2,6,8,14H2,(H2,15,17). The third-order valence-electron chi connectivity index (χ3n) is 2.92. The molecule has 0 saturated heterocycles. The summed E-state index contributed by atoms with van der Waals surface area (Å²) in [6.45, 7) is 0.889. The molecule has 90 valence electrons. The number of carbonyl (C=O) groups is 1. The van der Waals surface area contributed by atoms with Gasteiger partial charge in [0.15, 0.2) is 0 Å². The van der Waals surface area contributed by atoms with Crippen LogP contribution in [0.1, 0.15) is 19.3 Å². The van der Waals surface area contributed by atoms with E-state index in [0.717, 1.165) is 36.0 Å². The van der Waals surface area contributed by atoms with Crippen LogP contribution in [0.2, 0.25) is 0 Å². The molecule has 1 aromatic carbocycles. The largest absolute Gasteiger partial charge is 0.398 e. The van der Waals surface area contributed by atoms with E-state index < -0.39 is 0 Å². The molecule has 0 spiro atoms. The van der Waals surface area contributed by atoms with E-state index >= 15 is 0 Å². The van der Waals surface area contributed by atoms with Crippen molar-refractivity contribution in [1.82, 2.24) is 4.57 Å². The second-order valence-corrected chi connectivity index (χ2v) is 4.21. The number of unbranched alkanes of at least 4 members (excludes halogenated alkanes) is 1. The van der Waals surface area contributed by atoms with Crippen LogP contribution >= 0.6 is 0 Å². The van der Waals surface area contributed by atoms with Crippen LogP contribution in [-0.4, -0.2) is 10.5 Å². The molecule has 4 nitrogen and oxygen atoms in total. The summed E-state index contributed by atoms with van der Waals surface area (Å²) >= 11 is 0. The van der Waals surface area contributed by atoms with Crippen molar-refractivity contribution < 1.29 is 4.79 Å². The highest BCUT2D eigenvalue weighted by atomic mass is 16.1. The first-order valence-electron chi connectivity index (χ1n) is 5.80. The number of nitrogens with two attached hydrogens (primary N) is 2. The Morgan fingerprint density at radius 2 is 2.06 bits per heavy atom. The number of primary amides is 1. The predicted molar refractivity (Wildman–Crippen MR) is 69.4 cm³/mol. The van der Waals surface area contributed by atoms with Crippen LogP contribution in [0.15, 0.2) is 30.5 Å². The van der Waals surface area contributed by atoms with Crippen molar-refractivity contribution in [2.45, 2.75) is 25.8 Å². The molecule has 0 aliphatic rings. The van der Waals surface area contributed by atoms with Gasteiger partial charge in [0.1, 0.15) is 0 Å². The molecule has 4 heteroatoms. The Morgan fingerprint density at radius 3 is 2.82 bits per heavy atom. The summed E-state index contributed by atoms with van der Waals surface area (Å²) in [7, 11) is 0. The second-order valence-electron chi connectivity index (χ2n) is 4.21. The molecule has 0 fully saturated rings. The van der Waals surface area contributed by atoms with E-state index in [1.807, 2.05) is 24.4 Å². The third kappa shape index (κ3) is 2.58. The number of aryl methyl sites for hydroxylation is 1. The van der Waals surface area contributed by atoms with Gasteiger partial charge in [0.2, 0.25) is 5.91 Å². The lowest BCUT2D eigenvalue weighted by molar-refractivity contribution is -0.118. The maximum Gasteiger partial charge on any atom is 0.217 e. The molecule has 1 amide bonds. The van der Waals surface area contributed by atoms with Gasteiger partial charge in [-0.05, 0) is 31.0 Å². The van der Waals surface area contributed by atoms with Gasteiger partial charge in [0.25, 0.3) is 0 Å². The van der Waals surface area contributed by atoms with Crippen molar-refractivity contribution in [3.05, 3.63) is 30.5 Å². The van der Waals surface area contributed by atoms with Gasteiger partial charge in [-0.1, -0.05) is 6.07 Å². The van der Waals surface area contributed by atoms with Crippen molar-refractivity contribution in [3.63, 3.8) is 0 Å². The van der Waals surface area contributed by atoms with Gasteiger partial charge in [-0.15, -0.1) is 0 Å². The minimum atomic E-state index is -0.230. The number of rotatable bonds is 5. The summed E-state index contributed by atoms with van der Waals surface area (Å²) in [5.74, 6) is -0.230. The normalized spacial score (nSPS) is 10.8. The Bertz CT molecular complexity index is 530. The maximum absolute atomic E-state index is 10.6. The number of nitrogen functional groups attached to an aromatic ring is 1. The number of aromatic nitrogens is 1. The summed E-state index contributed by atoms with van der Waals surface area (Å²) in [5, 5.41) is 1.09. The van der Waals surface area contributed by atoms with Gasteiger partial charge in [0.05, 0.1) is 5.52 Å². The molecule has 4 N–H and O–H groups in total. The van der Waals surface area contributed by atoms with Crippen LogP contribution in [0, 0.1) is 0 Å². The van der Waals surface area contributed by atoms with Gasteiger partial charge in [-0.25, -0.2) is 0 Å². The molecule has 1 aromatic heterocycles. The molecule has 2 aromatic rings. The summed E-state index contributed by atoms with van der Waals surface area (Å²) in [4.78, 5) is 10.6. The Labute approximate surface area is 100 Å². The highest BCUT2D eigenvalue weighted by Gasteiger charge is 2.03. The van der Waals surface area contributed by atoms with Crippen LogP contribution in [0.3, 0.4) is 0 Å². The van der Waals surface area contributed by atoms with Gasteiger partial charge in [0, 0.05) is 30.2 Å². The lowest BCUT2D eigenvalue weighted by atomic mass is 10.2. The number of benzene rings is 1.